The van der Waals surface area contributed by atoms with Crippen molar-refractivity contribution in [2.45, 2.75) is 75.6 Å². The predicted octanol–water partition coefficient (Wildman–Crippen LogP) is 3.62. The number of carbonyl (C=O) groups excluding carboxylic acids is 1. The summed E-state index contributed by atoms with van der Waals surface area (Å²) in [5.74, 6) is 2.78. The van der Waals surface area contributed by atoms with Crippen LogP contribution in [0.4, 0.5) is 0 Å². The van der Waals surface area contributed by atoms with Crippen molar-refractivity contribution in [3.8, 4) is 0 Å². The van der Waals surface area contributed by atoms with E-state index in [0.29, 0.717) is 17.8 Å². The van der Waals surface area contributed by atoms with E-state index < -0.39 is 16.1 Å². The molecule has 1 atom stereocenters. The maximum absolute atomic E-state index is 13.2. The van der Waals surface area contributed by atoms with Gasteiger partial charge in [0.1, 0.15) is 11.9 Å². The van der Waals surface area contributed by atoms with E-state index in [1.54, 1.807) is 24.3 Å². The number of hydrogen-bond acceptors (Lipinski definition) is 4. The van der Waals surface area contributed by atoms with E-state index in [0.717, 1.165) is 37.1 Å². The maximum Gasteiger partial charge on any atom is 0.263 e. The quantitative estimate of drug-likeness (QED) is 0.675. The second-order valence-corrected chi connectivity index (χ2v) is 12.0. The standard InChI is InChI=1S/C24H33N3O3S/c1-2-3-7-20(26-22-19-6-4-5-8-21(19)31(29,30)27-22)23(28)25-15-24-12-16-9-17(13-24)11-18(10-16)14-24/h4-6,8,16-18,20H,2-3,7,9-15H2,1H3,(H,25,28)(H,26,27). The Bertz CT molecular complexity index is 966. The lowest BCUT2D eigenvalue weighted by Gasteiger charge is -2.57. The van der Waals surface area contributed by atoms with Crippen molar-refractivity contribution in [2.75, 3.05) is 6.54 Å². The fraction of sp³-hybridized carbons (Fsp3) is 0.667. The number of carbonyl (C=O) groups is 1. The summed E-state index contributed by atoms with van der Waals surface area (Å²) in [6, 6.07) is 6.25. The van der Waals surface area contributed by atoms with Crippen molar-refractivity contribution in [2.24, 2.45) is 28.2 Å². The second-order valence-electron chi connectivity index (χ2n) is 10.4. The van der Waals surface area contributed by atoms with Crippen LogP contribution in [0.2, 0.25) is 0 Å². The molecule has 4 bridgehead atoms. The summed E-state index contributed by atoms with van der Waals surface area (Å²) in [5, 5.41) is 3.24. The molecule has 0 spiro atoms. The molecule has 1 amide bonds. The van der Waals surface area contributed by atoms with Crippen molar-refractivity contribution in [3.05, 3.63) is 29.8 Å². The first-order chi connectivity index (χ1) is 14.9. The number of amidine groups is 1. The molecule has 1 aromatic carbocycles. The maximum atomic E-state index is 13.2. The number of rotatable bonds is 7. The number of nitrogens with one attached hydrogen (secondary N) is 2. The minimum Gasteiger partial charge on any atom is -0.354 e. The summed E-state index contributed by atoms with van der Waals surface area (Å²) in [5.41, 5.74) is 0.826. The van der Waals surface area contributed by atoms with Crippen molar-refractivity contribution in [1.29, 1.82) is 0 Å². The van der Waals surface area contributed by atoms with Crippen molar-refractivity contribution in [1.82, 2.24) is 10.0 Å². The molecule has 2 N–H and O–H groups in total. The first-order valence-corrected chi connectivity index (χ1v) is 13.3. The number of unbranched alkanes of at least 4 members (excludes halogenated alkanes) is 1. The summed E-state index contributed by atoms with van der Waals surface area (Å²) in [4.78, 5) is 18.1. The molecule has 1 heterocycles. The molecular weight excluding hydrogens is 410 g/mol. The fourth-order valence-corrected chi connectivity index (χ4v) is 8.18. The molecule has 4 fully saturated rings. The van der Waals surface area contributed by atoms with Crippen molar-refractivity contribution < 1.29 is 13.2 Å². The van der Waals surface area contributed by atoms with Gasteiger partial charge in [0.05, 0.1) is 4.90 Å². The average Bonchev–Trinajstić information content (AvgIpc) is 2.99. The van der Waals surface area contributed by atoms with Crippen LogP contribution in [0.5, 0.6) is 0 Å². The van der Waals surface area contributed by atoms with E-state index in [1.165, 1.54) is 38.5 Å². The minimum absolute atomic E-state index is 0.0692. The number of amides is 1. The summed E-state index contributed by atoms with van der Waals surface area (Å²) in [7, 11) is -3.60. The Labute approximate surface area is 185 Å². The summed E-state index contributed by atoms with van der Waals surface area (Å²) in [6.45, 7) is 2.83. The van der Waals surface area contributed by atoms with Gasteiger partial charge in [-0.05, 0) is 80.2 Å². The summed E-state index contributed by atoms with van der Waals surface area (Å²) >= 11 is 0. The van der Waals surface area contributed by atoms with Gasteiger partial charge in [-0.3, -0.25) is 14.5 Å². The first-order valence-electron chi connectivity index (χ1n) is 11.9. The van der Waals surface area contributed by atoms with Crippen LogP contribution in [0.1, 0.15) is 70.3 Å². The molecule has 1 aromatic rings. The first kappa shape index (κ1) is 21.0. The number of benzene rings is 1. The van der Waals surface area contributed by atoms with Crippen LogP contribution in [0, 0.1) is 23.2 Å². The Kier molecular flexibility index (Phi) is 5.35. The minimum atomic E-state index is -3.60. The Hall–Kier alpha value is -1.89. The molecule has 168 valence electrons. The monoisotopic (exact) mass is 443 g/mol. The fourth-order valence-electron chi connectivity index (χ4n) is 6.94. The zero-order valence-electron chi connectivity index (χ0n) is 18.3. The van der Waals surface area contributed by atoms with Crippen LogP contribution >= 0.6 is 0 Å². The van der Waals surface area contributed by atoms with Gasteiger partial charge in [-0.2, -0.15) is 0 Å². The van der Waals surface area contributed by atoms with Gasteiger partial charge in [0.2, 0.25) is 5.91 Å². The molecule has 0 aromatic heterocycles. The van der Waals surface area contributed by atoms with Gasteiger partial charge in [-0.15, -0.1) is 0 Å². The van der Waals surface area contributed by atoms with E-state index in [2.05, 4.69) is 22.0 Å². The summed E-state index contributed by atoms with van der Waals surface area (Å²) in [6.07, 6.45) is 10.4. The number of hydrogen-bond donors (Lipinski definition) is 2. The molecule has 0 saturated heterocycles. The van der Waals surface area contributed by atoms with Gasteiger partial charge in [-0.25, -0.2) is 8.42 Å². The number of sulfonamides is 1. The Morgan fingerprint density at radius 3 is 2.45 bits per heavy atom. The highest BCUT2D eigenvalue weighted by Crippen LogP contribution is 2.59. The zero-order chi connectivity index (χ0) is 21.6. The number of nitrogens with zero attached hydrogens (tertiary/aromatic N) is 1. The van der Waals surface area contributed by atoms with E-state index in [9.17, 15) is 13.2 Å². The second kappa shape index (κ2) is 7.91. The van der Waals surface area contributed by atoms with Crippen LogP contribution in [0.25, 0.3) is 0 Å². The highest BCUT2D eigenvalue weighted by Gasteiger charge is 2.50. The molecule has 31 heavy (non-hydrogen) atoms. The number of fused-ring (bicyclic) bond motifs is 1. The van der Waals surface area contributed by atoms with E-state index in [1.807, 2.05) is 0 Å². The molecule has 0 radical (unpaired) electrons. The Morgan fingerprint density at radius 1 is 1.16 bits per heavy atom. The lowest BCUT2D eigenvalue weighted by atomic mass is 9.49. The third kappa shape index (κ3) is 4.01. The van der Waals surface area contributed by atoms with E-state index in [-0.39, 0.29) is 16.2 Å². The van der Waals surface area contributed by atoms with Crippen LogP contribution in [0.3, 0.4) is 0 Å². The molecule has 7 heteroatoms. The lowest BCUT2D eigenvalue weighted by Crippen LogP contribution is -2.52. The Balaban J connectivity index is 1.32. The van der Waals surface area contributed by atoms with Crippen LogP contribution in [-0.4, -0.2) is 32.7 Å². The van der Waals surface area contributed by atoms with Crippen LogP contribution < -0.4 is 10.0 Å². The molecule has 4 aliphatic carbocycles. The zero-order valence-corrected chi connectivity index (χ0v) is 19.1. The topological polar surface area (TPSA) is 87.6 Å². The molecule has 5 aliphatic rings. The molecule has 1 aliphatic heterocycles. The van der Waals surface area contributed by atoms with Crippen LogP contribution in [0.15, 0.2) is 34.2 Å². The van der Waals surface area contributed by atoms with E-state index >= 15 is 0 Å². The third-order valence-corrected chi connectivity index (χ3v) is 9.28. The highest BCUT2D eigenvalue weighted by atomic mass is 32.2. The predicted molar refractivity (Wildman–Crippen MR) is 120 cm³/mol. The largest absolute Gasteiger partial charge is 0.354 e. The van der Waals surface area contributed by atoms with Gasteiger partial charge in [0.15, 0.2) is 0 Å². The Morgan fingerprint density at radius 2 is 1.81 bits per heavy atom. The van der Waals surface area contributed by atoms with Gasteiger partial charge in [0, 0.05) is 12.1 Å². The molecule has 6 nitrogen and oxygen atoms in total. The normalized spacial score (nSPS) is 34.4. The van der Waals surface area contributed by atoms with Crippen molar-refractivity contribution >= 4 is 21.8 Å². The average molecular weight is 444 g/mol. The SMILES string of the molecule is CCCCC(N=C1NS(=O)(=O)c2ccccc21)C(=O)NCC12CC3CC(CC(C3)C1)C2. The van der Waals surface area contributed by atoms with Gasteiger partial charge >= 0.3 is 0 Å². The number of aliphatic imine (C=N–C) groups is 1. The van der Waals surface area contributed by atoms with Gasteiger partial charge in [-0.1, -0.05) is 31.9 Å². The molecule has 6 rings (SSSR count). The van der Waals surface area contributed by atoms with Crippen molar-refractivity contribution in [3.63, 3.8) is 0 Å². The lowest BCUT2D eigenvalue weighted by molar-refractivity contribution is -0.124. The molecule has 4 saturated carbocycles. The third-order valence-electron chi connectivity index (χ3n) is 7.88. The van der Waals surface area contributed by atoms with Crippen LogP contribution in [-0.2, 0) is 14.8 Å². The van der Waals surface area contributed by atoms with E-state index in [4.69, 9.17) is 0 Å². The highest BCUT2D eigenvalue weighted by molar-refractivity contribution is 7.90. The smallest absolute Gasteiger partial charge is 0.263 e. The molecular formula is C24H33N3O3S. The molecule has 1 unspecified atom stereocenters. The van der Waals surface area contributed by atoms with Gasteiger partial charge < -0.3 is 5.32 Å². The van der Waals surface area contributed by atoms with Gasteiger partial charge in [0.25, 0.3) is 10.0 Å². The summed E-state index contributed by atoms with van der Waals surface area (Å²) < 4.78 is 27.4.